The minimum Gasteiger partial charge on any atom is -0.487 e. The zero-order chi connectivity index (χ0) is 13.5. The zero-order valence-electron chi connectivity index (χ0n) is 9.14. The molecule has 0 bridgehead atoms. The summed E-state index contributed by atoms with van der Waals surface area (Å²) in [6.07, 6.45) is -0.673. The topological polar surface area (TPSA) is 69.7 Å². The molecule has 0 aliphatic carbocycles. The lowest BCUT2D eigenvalue weighted by atomic mass is 10.1. The van der Waals surface area contributed by atoms with E-state index >= 15 is 0 Å². The lowest BCUT2D eigenvalue weighted by Gasteiger charge is -2.09. The van der Waals surface area contributed by atoms with E-state index in [2.05, 4.69) is 0 Å². The molecule has 0 radical (unpaired) electrons. The van der Waals surface area contributed by atoms with Crippen LogP contribution in [0.15, 0.2) is 17.0 Å². The van der Waals surface area contributed by atoms with Gasteiger partial charge in [-0.15, -0.1) is 0 Å². The summed E-state index contributed by atoms with van der Waals surface area (Å²) < 4.78 is 33.0. The SMILES string of the molecule is CC(=O)OC1COc2c1cc(Cl)cc2S(=O)(=O)Cl. The highest BCUT2D eigenvalue weighted by atomic mass is 35.7. The number of ether oxygens (including phenoxy) is 2. The number of carbonyl (C=O) groups is 1. The number of carbonyl (C=O) groups excluding carboxylic acids is 1. The van der Waals surface area contributed by atoms with E-state index in [9.17, 15) is 13.2 Å². The van der Waals surface area contributed by atoms with Crippen molar-refractivity contribution in [3.63, 3.8) is 0 Å². The fourth-order valence-corrected chi connectivity index (χ4v) is 3.01. The third-order valence-corrected chi connectivity index (χ3v) is 3.89. The Morgan fingerprint density at radius 2 is 2.17 bits per heavy atom. The quantitative estimate of drug-likeness (QED) is 0.619. The van der Waals surface area contributed by atoms with E-state index in [-0.39, 0.29) is 22.3 Å². The van der Waals surface area contributed by atoms with Gasteiger partial charge >= 0.3 is 5.97 Å². The van der Waals surface area contributed by atoms with Crippen LogP contribution in [0.3, 0.4) is 0 Å². The van der Waals surface area contributed by atoms with Gasteiger partial charge in [-0.2, -0.15) is 0 Å². The highest BCUT2D eigenvalue weighted by Crippen LogP contribution is 2.42. The Bertz CT molecular complexity index is 611. The number of fused-ring (bicyclic) bond motifs is 1. The molecule has 0 spiro atoms. The highest BCUT2D eigenvalue weighted by Gasteiger charge is 2.33. The second-order valence-corrected chi connectivity index (χ2v) is 6.64. The Morgan fingerprint density at radius 1 is 1.50 bits per heavy atom. The normalized spacial score (nSPS) is 18.1. The Balaban J connectivity index is 2.55. The van der Waals surface area contributed by atoms with Crippen LogP contribution in [0.25, 0.3) is 0 Å². The molecule has 8 heteroatoms. The van der Waals surface area contributed by atoms with Gasteiger partial charge < -0.3 is 9.47 Å². The predicted molar refractivity (Wildman–Crippen MR) is 64.5 cm³/mol. The van der Waals surface area contributed by atoms with Gasteiger partial charge in [-0.05, 0) is 12.1 Å². The molecule has 0 saturated heterocycles. The molecular formula is C10H8Cl2O5S. The Labute approximate surface area is 113 Å². The minimum atomic E-state index is -3.98. The van der Waals surface area contributed by atoms with Gasteiger partial charge in [-0.1, -0.05) is 11.6 Å². The molecule has 18 heavy (non-hydrogen) atoms. The lowest BCUT2D eigenvalue weighted by molar-refractivity contribution is -0.147. The molecule has 1 heterocycles. The minimum absolute atomic E-state index is 0.0364. The van der Waals surface area contributed by atoms with E-state index in [4.69, 9.17) is 31.8 Å². The monoisotopic (exact) mass is 310 g/mol. The van der Waals surface area contributed by atoms with Crippen molar-refractivity contribution in [2.75, 3.05) is 6.61 Å². The first kappa shape index (κ1) is 13.5. The summed E-state index contributed by atoms with van der Waals surface area (Å²) in [7, 11) is 1.31. The second kappa shape index (κ2) is 4.60. The number of hydrogen-bond acceptors (Lipinski definition) is 5. The van der Waals surface area contributed by atoms with Crippen molar-refractivity contribution in [1.29, 1.82) is 0 Å². The fourth-order valence-electron chi connectivity index (χ4n) is 1.71. The maximum Gasteiger partial charge on any atom is 0.303 e. The number of halogens is 2. The zero-order valence-corrected chi connectivity index (χ0v) is 11.5. The van der Waals surface area contributed by atoms with Crippen molar-refractivity contribution in [3.8, 4) is 5.75 Å². The Hall–Kier alpha value is -0.980. The van der Waals surface area contributed by atoms with Crippen LogP contribution in [0.2, 0.25) is 5.02 Å². The summed E-state index contributed by atoms with van der Waals surface area (Å²) in [5, 5.41) is 0.177. The van der Waals surface area contributed by atoms with E-state index in [1.807, 2.05) is 0 Å². The van der Waals surface area contributed by atoms with Crippen LogP contribution >= 0.6 is 22.3 Å². The second-order valence-electron chi connectivity index (χ2n) is 3.67. The summed E-state index contributed by atoms with van der Waals surface area (Å²) in [6.45, 7) is 1.29. The molecule has 0 fully saturated rings. The van der Waals surface area contributed by atoms with E-state index in [0.29, 0.717) is 5.56 Å². The van der Waals surface area contributed by atoms with Gasteiger partial charge in [0.2, 0.25) is 0 Å². The van der Waals surface area contributed by atoms with E-state index in [1.54, 1.807) is 0 Å². The molecule has 0 amide bonds. The molecule has 1 aliphatic heterocycles. The maximum absolute atomic E-state index is 11.4. The molecule has 2 rings (SSSR count). The van der Waals surface area contributed by atoms with Gasteiger partial charge in [-0.25, -0.2) is 8.42 Å². The smallest absolute Gasteiger partial charge is 0.303 e. The molecule has 0 N–H and O–H groups in total. The van der Waals surface area contributed by atoms with Gasteiger partial charge in [0, 0.05) is 28.2 Å². The van der Waals surface area contributed by atoms with Crippen LogP contribution in [0.4, 0.5) is 0 Å². The maximum atomic E-state index is 11.4. The summed E-state index contributed by atoms with van der Waals surface area (Å²) >= 11 is 5.82. The average molecular weight is 311 g/mol. The number of benzene rings is 1. The molecule has 1 unspecified atom stereocenters. The number of hydrogen-bond donors (Lipinski definition) is 0. The standard InChI is InChI=1S/C10H8Cl2O5S/c1-5(13)17-8-4-16-10-7(8)2-6(11)3-9(10)18(12,14)15/h2-3,8H,4H2,1H3. The third kappa shape index (κ3) is 2.55. The Kier molecular flexibility index (Phi) is 3.44. The third-order valence-electron chi connectivity index (χ3n) is 2.35. The van der Waals surface area contributed by atoms with Gasteiger partial charge in [0.25, 0.3) is 9.05 Å². The van der Waals surface area contributed by atoms with Crippen molar-refractivity contribution in [1.82, 2.24) is 0 Å². The largest absolute Gasteiger partial charge is 0.487 e. The van der Waals surface area contributed by atoms with Gasteiger partial charge in [-0.3, -0.25) is 4.79 Å². The molecule has 1 aliphatic rings. The van der Waals surface area contributed by atoms with Gasteiger partial charge in [0.1, 0.15) is 17.3 Å². The van der Waals surface area contributed by atoms with Crippen LogP contribution in [0.5, 0.6) is 5.75 Å². The molecule has 1 atom stereocenters. The van der Waals surface area contributed by atoms with Crippen LogP contribution in [0.1, 0.15) is 18.6 Å². The van der Waals surface area contributed by atoms with Crippen molar-refractivity contribution < 1.29 is 22.7 Å². The summed E-state index contributed by atoms with van der Waals surface area (Å²) in [5.41, 5.74) is 0.400. The first-order chi connectivity index (χ1) is 8.29. The number of esters is 1. The van der Waals surface area contributed by atoms with E-state index in [0.717, 1.165) is 0 Å². The van der Waals surface area contributed by atoms with Crippen molar-refractivity contribution in [2.24, 2.45) is 0 Å². The molecule has 0 aromatic heterocycles. The van der Waals surface area contributed by atoms with Crippen molar-refractivity contribution in [3.05, 3.63) is 22.7 Å². The lowest BCUT2D eigenvalue weighted by Crippen LogP contribution is -2.09. The van der Waals surface area contributed by atoms with Crippen LogP contribution in [-0.2, 0) is 18.6 Å². The van der Waals surface area contributed by atoms with E-state index < -0.39 is 21.1 Å². The van der Waals surface area contributed by atoms with Crippen LogP contribution in [0, 0.1) is 0 Å². The predicted octanol–water partition coefficient (Wildman–Crippen LogP) is 2.26. The summed E-state index contributed by atoms with van der Waals surface area (Å²) in [4.78, 5) is 10.7. The van der Waals surface area contributed by atoms with Gasteiger partial charge in [0.15, 0.2) is 6.10 Å². The van der Waals surface area contributed by atoms with E-state index in [1.165, 1.54) is 19.1 Å². The Morgan fingerprint density at radius 3 is 2.72 bits per heavy atom. The van der Waals surface area contributed by atoms with Crippen molar-refractivity contribution in [2.45, 2.75) is 17.9 Å². The molecular weight excluding hydrogens is 303 g/mol. The number of rotatable bonds is 2. The molecule has 98 valence electrons. The molecule has 0 saturated carbocycles. The molecule has 1 aromatic carbocycles. The summed E-state index contributed by atoms with van der Waals surface area (Å²) in [6, 6.07) is 2.68. The van der Waals surface area contributed by atoms with Crippen LogP contribution in [-0.4, -0.2) is 21.0 Å². The average Bonchev–Trinajstić information content (AvgIpc) is 2.58. The van der Waals surface area contributed by atoms with Crippen LogP contribution < -0.4 is 4.74 Å². The summed E-state index contributed by atoms with van der Waals surface area (Å²) in [5.74, 6) is -0.410. The first-order valence-electron chi connectivity index (χ1n) is 4.87. The fraction of sp³-hybridized carbons (Fsp3) is 0.300. The highest BCUT2D eigenvalue weighted by molar-refractivity contribution is 8.13. The molecule has 5 nitrogen and oxygen atoms in total. The van der Waals surface area contributed by atoms with Gasteiger partial charge in [0.05, 0.1) is 0 Å². The first-order valence-corrected chi connectivity index (χ1v) is 7.56. The van der Waals surface area contributed by atoms with Crippen molar-refractivity contribution >= 4 is 37.3 Å². The molecule has 1 aromatic rings.